The zero-order chi connectivity index (χ0) is 14.9. The summed E-state index contributed by atoms with van der Waals surface area (Å²) in [6.45, 7) is -0.247. The van der Waals surface area contributed by atoms with E-state index in [1.54, 1.807) is 0 Å². The molecule has 2 heterocycles. The normalized spacial score (nSPS) is 27.0. The summed E-state index contributed by atoms with van der Waals surface area (Å²) in [4.78, 5) is 27.2. The van der Waals surface area contributed by atoms with Gasteiger partial charge in [-0.2, -0.15) is 0 Å². The molecule has 0 saturated carbocycles. The van der Waals surface area contributed by atoms with E-state index in [-0.39, 0.29) is 18.6 Å². The monoisotopic (exact) mass is 410 g/mol. The van der Waals surface area contributed by atoms with Crippen LogP contribution in [-0.4, -0.2) is 38.6 Å². The van der Waals surface area contributed by atoms with Gasteiger partial charge < -0.3 is 14.9 Å². The Morgan fingerprint density at radius 1 is 1.60 bits per heavy atom. The van der Waals surface area contributed by atoms with E-state index in [1.165, 1.54) is 11.2 Å². The van der Waals surface area contributed by atoms with Gasteiger partial charge in [-0.05, 0) is 20.9 Å². The minimum Gasteiger partial charge on any atom is -0.394 e. The summed E-state index contributed by atoms with van der Waals surface area (Å²) in [6, 6.07) is 0. The lowest BCUT2D eigenvalue weighted by molar-refractivity contribution is -0.0530. The van der Waals surface area contributed by atoms with Crippen LogP contribution >= 0.6 is 31.9 Å². The van der Waals surface area contributed by atoms with Crippen LogP contribution in [0.2, 0.25) is 0 Å². The number of nitrogens with one attached hydrogen (secondary N) is 1. The van der Waals surface area contributed by atoms with Gasteiger partial charge in [0.15, 0.2) is 6.23 Å². The molecule has 7 nitrogen and oxygen atoms in total. The van der Waals surface area contributed by atoms with E-state index in [0.717, 1.165) is 4.57 Å². The van der Waals surface area contributed by atoms with Crippen molar-refractivity contribution in [1.29, 1.82) is 0 Å². The number of H-pyrrole nitrogens is 1. The highest BCUT2D eigenvalue weighted by molar-refractivity contribution is 9.16. The summed E-state index contributed by atoms with van der Waals surface area (Å²) in [6.07, 6.45) is -0.887. The van der Waals surface area contributed by atoms with Gasteiger partial charge in [0.2, 0.25) is 0 Å². The maximum Gasteiger partial charge on any atom is 0.330 e. The number of hydrogen-bond acceptors (Lipinski definition) is 5. The first-order chi connectivity index (χ1) is 9.47. The van der Waals surface area contributed by atoms with Crippen molar-refractivity contribution in [3.05, 3.63) is 37.6 Å². The van der Waals surface area contributed by atoms with Crippen molar-refractivity contribution in [2.45, 2.75) is 24.9 Å². The number of ether oxygens (including phenoxy) is 1. The van der Waals surface area contributed by atoms with Gasteiger partial charge in [0.05, 0.1) is 18.3 Å². The highest BCUT2D eigenvalue weighted by Gasteiger charge is 2.35. The first kappa shape index (κ1) is 15.6. The molecule has 0 bridgehead atoms. The Balaban J connectivity index is 2.47. The van der Waals surface area contributed by atoms with Gasteiger partial charge in [0, 0.05) is 17.1 Å². The molecular weight excluding hydrogens is 400 g/mol. The van der Waals surface area contributed by atoms with Gasteiger partial charge in [-0.15, -0.1) is 0 Å². The molecular formula is C11H12Br2N2O5. The van der Waals surface area contributed by atoms with Crippen molar-refractivity contribution in [1.82, 2.24) is 9.55 Å². The van der Waals surface area contributed by atoms with Crippen LogP contribution in [0, 0.1) is 0 Å². The molecule has 1 fully saturated rings. The number of aliphatic hydroxyl groups is 2. The number of aromatic nitrogens is 2. The zero-order valence-corrected chi connectivity index (χ0v) is 13.3. The summed E-state index contributed by atoms with van der Waals surface area (Å²) in [5.41, 5.74) is -1.03. The third-order valence-electron chi connectivity index (χ3n) is 2.96. The Labute approximate surface area is 130 Å². The van der Waals surface area contributed by atoms with Gasteiger partial charge in [-0.1, -0.05) is 15.9 Å². The molecule has 20 heavy (non-hydrogen) atoms. The first-order valence-electron chi connectivity index (χ1n) is 5.74. The maximum atomic E-state index is 11.8. The molecule has 0 spiro atoms. The van der Waals surface area contributed by atoms with E-state index < -0.39 is 29.7 Å². The Bertz CT molecular complexity index is 638. The molecule has 1 saturated heterocycles. The molecule has 9 heteroatoms. The Hall–Kier alpha value is -0.740. The average Bonchev–Trinajstić information content (AvgIpc) is 2.79. The molecule has 0 aromatic carbocycles. The topological polar surface area (TPSA) is 105 Å². The predicted octanol–water partition coefficient (Wildman–Crippen LogP) is 0.266. The number of aliphatic hydroxyl groups excluding tert-OH is 2. The lowest BCUT2D eigenvalue weighted by atomic mass is 10.2. The molecule has 1 aliphatic heterocycles. The lowest BCUT2D eigenvalue weighted by Crippen LogP contribution is -2.36. The van der Waals surface area contributed by atoms with Gasteiger partial charge in [0.25, 0.3) is 5.56 Å². The van der Waals surface area contributed by atoms with Gasteiger partial charge in [-0.25, -0.2) is 4.79 Å². The number of hydrogen-bond donors (Lipinski definition) is 3. The second kappa shape index (κ2) is 6.35. The van der Waals surface area contributed by atoms with E-state index in [9.17, 15) is 14.7 Å². The fourth-order valence-corrected chi connectivity index (χ4v) is 2.53. The Morgan fingerprint density at radius 2 is 2.30 bits per heavy atom. The zero-order valence-electron chi connectivity index (χ0n) is 10.1. The molecule has 1 aromatic rings. The molecule has 0 unspecified atom stereocenters. The molecule has 3 atom stereocenters. The summed E-state index contributed by atoms with van der Waals surface area (Å²) >= 11 is 6.26. The minimum atomic E-state index is -0.939. The number of nitrogens with zero attached hydrogens (tertiary/aromatic N) is 1. The standard InChI is InChI=1S/C11H12Br2N2O5/c12-2-7(13)6-3-15(11(19)14-9(6)18)10-8(17)1-5(4-16)20-10/h2-3,5,8,10,16-17H,1,4H2,(H,14,18,19)/t5-,8+,10+/m0/s1. The summed E-state index contributed by atoms with van der Waals surface area (Å²) < 4.78 is 6.94. The SMILES string of the molecule is O=c1[nH]c(=O)n([C@@H]2O[C@H](CO)C[C@H]2O)cc1C(Br)=CBr. The number of rotatable bonds is 3. The fraction of sp³-hybridized carbons (Fsp3) is 0.455. The van der Waals surface area contributed by atoms with Crippen LogP contribution in [0.3, 0.4) is 0 Å². The fourth-order valence-electron chi connectivity index (χ4n) is 2.00. The van der Waals surface area contributed by atoms with Crippen molar-refractivity contribution < 1.29 is 14.9 Å². The van der Waals surface area contributed by atoms with Crippen molar-refractivity contribution in [2.75, 3.05) is 6.61 Å². The summed E-state index contributed by atoms with van der Waals surface area (Å²) in [5, 5.41) is 18.9. The van der Waals surface area contributed by atoms with Crippen LogP contribution < -0.4 is 11.2 Å². The van der Waals surface area contributed by atoms with Crippen LogP contribution in [0.25, 0.3) is 4.48 Å². The third-order valence-corrected chi connectivity index (χ3v) is 4.69. The van der Waals surface area contributed by atoms with Crippen molar-refractivity contribution in [2.24, 2.45) is 0 Å². The van der Waals surface area contributed by atoms with Gasteiger partial charge in [0.1, 0.15) is 6.10 Å². The Morgan fingerprint density at radius 3 is 2.85 bits per heavy atom. The second-order valence-electron chi connectivity index (χ2n) is 4.30. The molecule has 1 aliphatic rings. The highest BCUT2D eigenvalue weighted by atomic mass is 79.9. The molecule has 0 aliphatic carbocycles. The van der Waals surface area contributed by atoms with Crippen molar-refractivity contribution in [3.8, 4) is 0 Å². The summed E-state index contributed by atoms with van der Waals surface area (Å²) in [7, 11) is 0. The Kier molecular flexibility index (Phi) is 4.97. The van der Waals surface area contributed by atoms with E-state index in [4.69, 9.17) is 9.84 Å². The molecule has 110 valence electrons. The predicted molar refractivity (Wildman–Crippen MR) is 78.8 cm³/mol. The smallest absolute Gasteiger partial charge is 0.330 e. The van der Waals surface area contributed by atoms with Crippen LogP contribution in [0.15, 0.2) is 20.8 Å². The van der Waals surface area contributed by atoms with Crippen LogP contribution in [0.1, 0.15) is 18.2 Å². The first-order valence-corrected chi connectivity index (χ1v) is 7.45. The average molecular weight is 412 g/mol. The molecule has 3 N–H and O–H groups in total. The largest absolute Gasteiger partial charge is 0.394 e. The quantitative estimate of drug-likeness (QED) is 0.662. The second-order valence-corrected chi connectivity index (χ2v) is 5.61. The number of halogens is 2. The summed E-state index contributed by atoms with van der Waals surface area (Å²) in [5.74, 6) is 0. The molecule has 0 radical (unpaired) electrons. The molecule has 2 rings (SSSR count). The number of aromatic amines is 1. The van der Waals surface area contributed by atoms with Crippen molar-refractivity contribution >= 4 is 36.3 Å². The highest BCUT2D eigenvalue weighted by Crippen LogP contribution is 2.28. The van der Waals surface area contributed by atoms with E-state index >= 15 is 0 Å². The van der Waals surface area contributed by atoms with E-state index in [0.29, 0.717) is 4.48 Å². The minimum absolute atomic E-state index is 0.213. The lowest BCUT2D eigenvalue weighted by Gasteiger charge is -2.17. The van der Waals surface area contributed by atoms with Crippen LogP contribution in [0.5, 0.6) is 0 Å². The van der Waals surface area contributed by atoms with Gasteiger partial charge >= 0.3 is 5.69 Å². The maximum absolute atomic E-state index is 11.8. The molecule has 0 amide bonds. The van der Waals surface area contributed by atoms with Gasteiger partial charge in [-0.3, -0.25) is 14.3 Å². The van der Waals surface area contributed by atoms with Crippen LogP contribution in [-0.2, 0) is 4.74 Å². The van der Waals surface area contributed by atoms with Crippen molar-refractivity contribution in [3.63, 3.8) is 0 Å². The van der Waals surface area contributed by atoms with Crippen LogP contribution in [0.4, 0.5) is 0 Å². The van der Waals surface area contributed by atoms with E-state index in [2.05, 4.69) is 36.8 Å². The third kappa shape index (κ3) is 2.96. The van der Waals surface area contributed by atoms with E-state index in [1.807, 2.05) is 0 Å². The molecule has 1 aromatic heterocycles.